The minimum Gasteiger partial charge on any atom is -0.444 e. The lowest BCUT2D eigenvalue weighted by atomic mass is 10.1. The van der Waals surface area contributed by atoms with Gasteiger partial charge in [0.2, 0.25) is 0 Å². The Morgan fingerprint density at radius 2 is 1.79 bits per heavy atom. The number of carbonyl (C=O) groups is 2. The molecule has 200 valence electrons. The number of benzene rings is 1. The van der Waals surface area contributed by atoms with E-state index in [4.69, 9.17) is 15.6 Å². The lowest BCUT2D eigenvalue weighted by Crippen LogP contribution is -2.45. The summed E-state index contributed by atoms with van der Waals surface area (Å²) in [5.41, 5.74) is 8.82. The minimum atomic E-state index is -0.565. The fourth-order valence-corrected chi connectivity index (χ4v) is 5.62. The van der Waals surface area contributed by atoms with Crippen LogP contribution in [0.2, 0.25) is 0 Å². The molecular weight excluding hydrogens is 496 g/mol. The molecule has 4 aromatic rings. The lowest BCUT2D eigenvalue weighted by molar-refractivity contribution is 0.0135. The fraction of sp³-hybridized carbons (Fsp3) is 0.357. The predicted molar refractivity (Wildman–Crippen MR) is 146 cm³/mol. The average Bonchev–Trinajstić information content (AvgIpc) is 3.62. The summed E-state index contributed by atoms with van der Waals surface area (Å²) in [5, 5.41) is 8.51. The largest absolute Gasteiger partial charge is 0.444 e. The zero-order valence-corrected chi connectivity index (χ0v) is 22.0. The molecule has 1 saturated carbocycles. The van der Waals surface area contributed by atoms with Gasteiger partial charge in [-0.25, -0.2) is 19.4 Å². The molecule has 2 aliphatic rings. The number of hydrogen-bond donors (Lipinski definition) is 2. The summed E-state index contributed by atoms with van der Waals surface area (Å²) < 4.78 is 7.59. The number of anilines is 2. The Balaban J connectivity index is 1.31. The van der Waals surface area contributed by atoms with Gasteiger partial charge in [0, 0.05) is 24.0 Å². The number of nitrogens with zero attached hydrogens (tertiary/aromatic N) is 6. The molecule has 2 fully saturated rings. The summed E-state index contributed by atoms with van der Waals surface area (Å²) >= 11 is 0. The first-order valence-electron chi connectivity index (χ1n) is 13.0. The van der Waals surface area contributed by atoms with Crippen molar-refractivity contribution in [3.05, 3.63) is 60.7 Å². The van der Waals surface area contributed by atoms with Gasteiger partial charge in [0.1, 0.15) is 29.1 Å². The molecule has 3 atom stereocenters. The quantitative estimate of drug-likeness (QED) is 0.401. The number of carbonyl (C=O) groups excluding carboxylic acids is 2. The zero-order valence-electron chi connectivity index (χ0n) is 22.0. The Bertz CT molecular complexity index is 1550. The molecule has 2 bridgehead atoms. The molecule has 39 heavy (non-hydrogen) atoms. The molecule has 3 unspecified atom stereocenters. The highest BCUT2D eigenvalue weighted by Crippen LogP contribution is 2.46. The standard InChI is InChI=1S/C28H30N8O3/c1-28(2,3)39-27(38)35-14-16-12-20(35)21(13-16)36-25-22(24(29)31-15-32-25)23(34-36)17-7-9-18(10-8-17)33-26(37)19-6-4-5-11-30-19/h4-11,15-16,20-21H,12-14H2,1-3H3,(H,33,37)(H2,29,31,32). The van der Waals surface area contributed by atoms with E-state index in [1.54, 1.807) is 24.4 Å². The first kappa shape index (κ1) is 24.8. The number of fused-ring (bicyclic) bond motifs is 3. The van der Waals surface area contributed by atoms with Gasteiger partial charge in [-0.15, -0.1) is 0 Å². The predicted octanol–water partition coefficient (Wildman–Crippen LogP) is 4.29. The number of hydrogen-bond acceptors (Lipinski definition) is 8. The number of rotatable bonds is 4. The second kappa shape index (κ2) is 9.33. The summed E-state index contributed by atoms with van der Waals surface area (Å²) in [6.45, 7) is 6.31. The Kier molecular flexibility index (Phi) is 5.93. The van der Waals surface area contributed by atoms with Gasteiger partial charge in [-0.2, -0.15) is 5.10 Å². The Morgan fingerprint density at radius 3 is 2.49 bits per heavy atom. The molecule has 1 saturated heterocycles. The number of aromatic nitrogens is 5. The smallest absolute Gasteiger partial charge is 0.410 e. The second-order valence-electron chi connectivity index (χ2n) is 11.1. The maximum Gasteiger partial charge on any atom is 0.410 e. The molecule has 6 rings (SSSR count). The van der Waals surface area contributed by atoms with Crippen molar-refractivity contribution >= 4 is 34.5 Å². The molecule has 1 aliphatic heterocycles. The van der Waals surface area contributed by atoms with Crippen LogP contribution in [0.3, 0.4) is 0 Å². The highest BCUT2D eigenvalue weighted by Gasteiger charge is 2.49. The highest BCUT2D eigenvalue weighted by atomic mass is 16.6. The van der Waals surface area contributed by atoms with Gasteiger partial charge in [-0.1, -0.05) is 18.2 Å². The number of amides is 2. The monoisotopic (exact) mass is 526 g/mol. The van der Waals surface area contributed by atoms with Crippen LogP contribution < -0.4 is 11.1 Å². The van der Waals surface area contributed by atoms with Crippen LogP contribution in [0, 0.1) is 5.92 Å². The molecule has 11 heteroatoms. The number of pyridine rings is 1. The van der Waals surface area contributed by atoms with E-state index in [2.05, 4.69) is 20.3 Å². The van der Waals surface area contributed by atoms with Crippen molar-refractivity contribution in [2.75, 3.05) is 17.6 Å². The van der Waals surface area contributed by atoms with Crippen LogP contribution in [0.5, 0.6) is 0 Å². The summed E-state index contributed by atoms with van der Waals surface area (Å²) in [4.78, 5) is 40.1. The first-order chi connectivity index (χ1) is 18.7. The van der Waals surface area contributed by atoms with Crippen molar-refractivity contribution in [2.45, 2.75) is 51.3 Å². The van der Waals surface area contributed by atoms with Gasteiger partial charge in [0.05, 0.1) is 17.5 Å². The van der Waals surface area contributed by atoms with E-state index in [1.165, 1.54) is 6.33 Å². The van der Waals surface area contributed by atoms with Crippen LogP contribution in [-0.4, -0.2) is 59.8 Å². The number of nitrogens with two attached hydrogens (primary N) is 1. The molecule has 0 radical (unpaired) electrons. The van der Waals surface area contributed by atoms with E-state index >= 15 is 0 Å². The minimum absolute atomic E-state index is 0.0406. The van der Waals surface area contributed by atoms with Crippen LogP contribution in [0.25, 0.3) is 22.3 Å². The molecule has 3 N–H and O–H groups in total. The van der Waals surface area contributed by atoms with Crippen molar-refractivity contribution < 1.29 is 14.3 Å². The van der Waals surface area contributed by atoms with Crippen molar-refractivity contribution in [2.24, 2.45) is 5.92 Å². The van der Waals surface area contributed by atoms with E-state index in [-0.39, 0.29) is 24.1 Å². The molecule has 4 heterocycles. The highest BCUT2D eigenvalue weighted by molar-refractivity contribution is 6.03. The van der Waals surface area contributed by atoms with E-state index in [1.807, 2.05) is 54.6 Å². The third-order valence-electron chi connectivity index (χ3n) is 7.22. The van der Waals surface area contributed by atoms with E-state index < -0.39 is 5.60 Å². The van der Waals surface area contributed by atoms with Crippen LogP contribution in [0.4, 0.5) is 16.3 Å². The summed E-state index contributed by atoms with van der Waals surface area (Å²) in [6.07, 6.45) is 4.51. The number of piperidine rings is 1. The van der Waals surface area contributed by atoms with E-state index in [0.717, 1.165) is 18.4 Å². The molecule has 2 amide bonds. The molecule has 1 aromatic carbocycles. The van der Waals surface area contributed by atoms with Crippen LogP contribution in [-0.2, 0) is 4.74 Å². The van der Waals surface area contributed by atoms with E-state index in [9.17, 15) is 9.59 Å². The molecule has 0 spiro atoms. The third kappa shape index (κ3) is 4.64. The van der Waals surface area contributed by atoms with Crippen molar-refractivity contribution in [1.29, 1.82) is 0 Å². The van der Waals surface area contributed by atoms with Gasteiger partial charge in [0.15, 0.2) is 5.65 Å². The van der Waals surface area contributed by atoms with Crippen LogP contribution >= 0.6 is 0 Å². The van der Waals surface area contributed by atoms with Crippen molar-refractivity contribution in [1.82, 2.24) is 29.6 Å². The van der Waals surface area contributed by atoms with Gasteiger partial charge in [-0.3, -0.25) is 9.78 Å². The topological polar surface area (TPSA) is 141 Å². The summed E-state index contributed by atoms with van der Waals surface area (Å²) in [6, 6.07) is 12.5. The van der Waals surface area contributed by atoms with Gasteiger partial charge in [0.25, 0.3) is 5.91 Å². The Morgan fingerprint density at radius 1 is 1.03 bits per heavy atom. The lowest BCUT2D eigenvalue weighted by Gasteiger charge is -2.34. The fourth-order valence-electron chi connectivity index (χ4n) is 5.62. The number of nitrogens with one attached hydrogen (secondary N) is 1. The molecular formula is C28H30N8O3. The number of nitrogen functional groups attached to an aromatic ring is 1. The second-order valence-corrected chi connectivity index (χ2v) is 11.1. The zero-order chi connectivity index (χ0) is 27.3. The SMILES string of the molecule is CC(C)(C)OC(=O)N1CC2CC1C(n1nc(-c3ccc(NC(=O)c4ccccn4)cc3)c3c(N)ncnc31)C2. The molecule has 1 aliphatic carbocycles. The average molecular weight is 527 g/mol. The molecule has 11 nitrogen and oxygen atoms in total. The van der Waals surface area contributed by atoms with Crippen molar-refractivity contribution in [3.63, 3.8) is 0 Å². The summed E-state index contributed by atoms with van der Waals surface area (Å²) in [7, 11) is 0. The first-order valence-corrected chi connectivity index (χ1v) is 13.0. The Labute approximate surface area is 225 Å². The van der Waals surface area contributed by atoms with Gasteiger partial charge >= 0.3 is 6.09 Å². The van der Waals surface area contributed by atoms with Gasteiger partial charge < -0.3 is 20.7 Å². The Hall–Kier alpha value is -4.54. The van der Waals surface area contributed by atoms with E-state index in [0.29, 0.717) is 46.4 Å². The van der Waals surface area contributed by atoms with Crippen LogP contribution in [0.1, 0.15) is 50.1 Å². The van der Waals surface area contributed by atoms with Crippen molar-refractivity contribution in [3.8, 4) is 11.3 Å². The number of ether oxygens (including phenoxy) is 1. The van der Waals surface area contributed by atoms with Gasteiger partial charge in [-0.05, 0) is 63.8 Å². The maximum absolute atomic E-state index is 13.0. The molecule has 3 aromatic heterocycles. The number of likely N-dealkylation sites (tertiary alicyclic amines) is 1. The summed E-state index contributed by atoms with van der Waals surface area (Å²) in [5.74, 6) is 0.416. The third-order valence-corrected chi connectivity index (χ3v) is 7.22. The van der Waals surface area contributed by atoms with Crippen LogP contribution in [0.15, 0.2) is 55.0 Å². The maximum atomic E-state index is 13.0. The normalized spacial score (nSPS) is 20.4.